The molecule has 2 aromatic rings. The second-order valence-corrected chi connectivity index (χ2v) is 3.73. The molecule has 0 spiro atoms. The molecule has 0 aliphatic carbocycles. The summed E-state index contributed by atoms with van der Waals surface area (Å²) in [6, 6.07) is 14.4. The van der Waals surface area contributed by atoms with Crippen molar-refractivity contribution in [1.82, 2.24) is 0 Å². The van der Waals surface area contributed by atoms with Crippen LogP contribution in [-0.4, -0.2) is 17.0 Å². The molecule has 5 heteroatoms. The zero-order valence-corrected chi connectivity index (χ0v) is 10.9. The smallest absolute Gasteiger partial charge is 0.269 e. The van der Waals surface area contributed by atoms with Gasteiger partial charge in [-0.1, -0.05) is 30.3 Å². The van der Waals surface area contributed by atoms with E-state index in [0.29, 0.717) is 11.1 Å². The van der Waals surface area contributed by atoms with Crippen LogP contribution in [0.5, 0.6) is 0 Å². The molecule has 5 nitrogen and oxygen atoms in total. The Bertz CT molecular complexity index is 591. The quantitative estimate of drug-likeness (QED) is 0.372. The van der Waals surface area contributed by atoms with Gasteiger partial charge in [0.05, 0.1) is 4.92 Å². The van der Waals surface area contributed by atoms with Crippen LogP contribution in [0.1, 0.15) is 22.8 Å². The molecular formula is C15H13NO4. The molecule has 0 unspecified atom stereocenters. The molecule has 20 heavy (non-hydrogen) atoms. The van der Waals surface area contributed by atoms with Gasteiger partial charge in [-0.05, 0) is 19.1 Å². The van der Waals surface area contributed by atoms with Crippen molar-refractivity contribution in [2.75, 3.05) is 0 Å². The number of hydrogen-bond acceptors (Lipinski definition) is 4. The zero-order chi connectivity index (χ0) is 15.0. The standard InChI is InChI=1S/C13H9NO3.C2H4O/c15-13(10-4-2-1-3-5-10)11-6-8-12(9-7-11)14(16)17;1-2-3/h1-9H;2H,1H3. The second kappa shape index (κ2) is 7.58. The van der Waals surface area contributed by atoms with Crippen molar-refractivity contribution in [3.8, 4) is 0 Å². The van der Waals surface area contributed by atoms with Crippen LogP contribution in [0.25, 0.3) is 0 Å². The number of benzene rings is 2. The summed E-state index contributed by atoms with van der Waals surface area (Å²) in [5, 5.41) is 10.5. The molecular weight excluding hydrogens is 258 g/mol. The molecule has 0 bridgehead atoms. The number of hydrogen-bond donors (Lipinski definition) is 0. The highest BCUT2D eigenvalue weighted by Gasteiger charge is 2.10. The first-order valence-electron chi connectivity index (χ1n) is 5.84. The fourth-order valence-electron chi connectivity index (χ4n) is 1.49. The van der Waals surface area contributed by atoms with Crippen LogP contribution in [0, 0.1) is 10.1 Å². The minimum atomic E-state index is -0.489. The van der Waals surface area contributed by atoms with E-state index >= 15 is 0 Å². The van der Waals surface area contributed by atoms with Gasteiger partial charge in [0, 0.05) is 23.3 Å². The van der Waals surface area contributed by atoms with Crippen molar-refractivity contribution in [2.24, 2.45) is 0 Å². The predicted molar refractivity (Wildman–Crippen MR) is 74.7 cm³/mol. The van der Waals surface area contributed by atoms with E-state index < -0.39 is 4.92 Å². The molecule has 0 saturated heterocycles. The van der Waals surface area contributed by atoms with Crippen LogP contribution in [0.4, 0.5) is 5.69 Å². The van der Waals surface area contributed by atoms with Crippen molar-refractivity contribution in [2.45, 2.75) is 6.92 Å². The van der Waals surface area contributed by atoms with Crippen LogP contribution in [-0.2, 0) is 4.79 Å². The lowest BCUT2D eigenvalue weighted by molar-refractivity contribution is -0.384. The van der Waals surface area contributed by atoms with Crippen molar-refractivity contribution >= 4 is 17.8 Å². The van der Waals surface area contributed by atoms with Crippen LogP contribution in [0.15, 0.2) is 54.6 Å². The Labute approximate surface area is 116 Å². The van der Waals surface area contributed by atoms with Gasteiger partial charge in [0.2, 0.25) is 0 Å². The summed E-state index contributed by atoms with van der Waals surface area (Å²) >= 11 is 0. The number of rotatable bonds is 3. The Balaban J connectivity index is 0.000000612. The number of nitrogens with zero attached hydrogens (tertiary/aromatic N) is 1. The molecule has 2 aromatic carbocycles. The second-order valence-electron chi connectivity index (χ2n) is 3.73. The van der Waals surface area contributed by atoms with Crippen LogP contribution >= 0.6 is 0 Å². The molecule has 0 amide bonds. The van der Waals surface area contributed by atoms with Gasteiger partial charge < -0.3 is 4.79 Å². The van der Waals surface area contributed by atoms with Gasteiger partial charge in [0.15, 0.2) is 5.78 Å². The summed E-state index contributed by atoms with van der Waals surface area (Å²) in [6.07, 6.45) is 0.750. The fourth-order valence-corrected chi connectivity index (χ4v) is 1.49. The number of non-ortho nitro benzene ring substituents is 1. The van der Waals surface area contributed by atoms with Crippen molar-refractivity contribution < 1.29 is 14.5 Å². The van der Waals surface area contributed by atoms with Gasteiger partial charge >= 0.3 is 0 Å². The van der Waals surface area contributed by atoms with E-state index in [4.69, 9.17) is 4.79 Å². The Morgan fingerprint density at radius 3 is 1.90 bits per heavy atom. The average molecular weight is 271 g/mol. The maximum Gasteiger partial charge on any atom is 0.269 e. The third kappa shape index (κ3) is 4.13. The first kappa shape index (κ1) is 15.2. The molecule has 0 atom stereocenters. The van der Waals surface area contributed by atoms with Crippen molar-refractivity contribution in [3.63, 3.8) is 0 Å². The van der Waals surface area contributed by atoms with Crippen molar-refractivity contribution in [1.29, 1.82) is 0 Å². The Morgan fingerprint density at radius 1 is 1.00 bits per heavy atom. The number of ketones is 1. The first-order valence-corrected chi connectivity index (χ1v) is 5.84. The monoisotopic (exact) mass is 271 g/mol. The minimum absolute atomic E-state index is 0.0189. The fraction of sp³-hybridized carbons (Fsp3) is 0.0667. The molecule has 0 aliphatic rings. The molecule has 0 fully saturated rings. The summed E-state index contributed by atoms with van der Waals surface area (Å²) in [4.78, 5) is 30.7. The number of carbonyl (C=O) groups excluding carboxylic acids is 2. The van der Waals surface area contributed by atoms with Gasteiger partial charge in [0.1, 0.15) is 6.29 Å². The number of carbonyl (C=O) groups is 2. The van der Waals surface area contributed by atoms with Gasteiger partial charge in [-0.2, -0.15) is 0 Å². The molecule has 0 radical (unpaired) electrons. The van der Waals surface area contributed by atoms with Gasteiger partial charge in [-0.3, -0.25) is 14.9 Å². The minimum Gasteiger partial charge on any atom is -0.304 e. The third-order valence-corrected chi connectivity index (χ3v) is 2.38. The maximum atomic E-state index is 12.0. The summed E-state index contributed by atoms with van der Waals surface area (Å²) in [5.74, 6) is -0.138. The lowest BCUT2D eigenvalue weighted by atomic mass is 10.0. The van der Waals surface area contributed by atoms with Crippen LogP contribution in [0.3, 0.4) is 0 Å². The summed E-state index contributed by atoms with van der Waals surface area (Å²) < 4.78 is 0. The van der Waals surface area contributed by atoms with E-state index in [1.54, 1.807) is 24.3 Å². The van der Waals surface area contributed by atoms with E-state index in [0.717, 1.165) is 6.29 Å². The third-order valence-electron chi connectivity index (χ3n) is 2.38. The van der Waals surface area contributed by atoms with Gasteiger partial charge in [-0.15, -0.1) is 0 Å². The maximum absolute atomic E-state index is 12.0. The SMILES string of the molecule is CC=O.O=C(c1ccccc1)c1ccc([N+](=O)[O-])cc1. The molecule has 0 saturated carbocycles. The molecule has 0 aromatic heterocycles. The molecule has 0 heterocycles. The lowest BCUT2D eigenvalue weighted by Gasteiger charge is -2.00. The highest BCUT2D eigenvalue weighted by Crippen LogP contribution is 2.15. The Hall–Kier alpha value is -2.82. The zero-order valence-electron chi connectivity index (χ0n) is 10.9. The number of nitro groups is 1. The predicted octanol–water partition coefficient (Wildman–Crippen LogP) is 3.03. The van der Waals surface area contributed by atoms with Crippen LogP contribution in [0.2, 0.25) is 0 Å². The van der Waals surface area contributed by atoms with E-state index in [2.05, 4.69) is 0 Å². The van der Waals surface area contributed by atoms with E-state index in [9.17, 15) is 14.9 Å². The van der Waals surface area contributed by atoms with E-state index in [-0.39, 0.29) is 11.5 Å². The van der Waals surface area contributed by atoms with E-state index in [1.165, 1.54) is 31.2 Å². The van der Waals surface area contributed by atoms with Crippen molar-refractivity contribution in [3.05, 3.63) is 75.8 Å². The highest BCUT2D eigenvalue weighted by molar-refractivity contribution is 6.09. The molecule has 0 aliphatic heterocycles. The normalized spacial score (nSPS) is 9.05. The van der Waals surface area contributed by atoms with E-state index in [1.807, 2.05) is 6.07 Å². The van der Waals surface area contributed by atoms with Crippen LogP contribution < -0.4 is 0 Å². The molecule has 102 valence electrons. The van der Waals surface area contributed by atoms with Gasteiger partial charge in [-0.25, -0.2) is 0 Å². The summed E-state index contributed by atoms with van der Waals surface area (Å²) in [7, 11) is 0. The Kier molecular flexibility index (Phi) is 5.77. The average Bonchev–Trinajstić information content (AvgIpc) is 2.48. The summed E-state index contributed by atoms with van der Waals surface area (Å²) in [6.45, 7) is 1.44. The topological polar surface area (TPSA) is 77.3 Å². The molecule has 0 N–H and O–H groups in total. The highest BCUT2D eigenvalue weighted by atomic mass is 16.6. The van der Waals surface area contributed by atoms with Gasteiger partial charge in [0.25, 0.3) is 5.69 Å². The Morgan fingerprint density at radius 2 is 1.45 bits per heavy atom. The number of aldehydes is 1. The summed E-state index contributed by atoms with van der Waals surface area (Å²) in [5.41, 5.74) is 0.998. The number of nitro benzene ring substituents is 1. The largest absolute Gasteiger partial charge is 0.304 e. The lowest BCUT2D eigenvalue weighted by Crippen LogP contribution is -2.00. The molecule has 2 rings (SSSR count). The first-order chi connectivity index (χ1) is 9.60.